The summed E-state index contributed by atoms with van der Waals surface area (Å²) in [6, 6.07) is 18.3. The van der Waals surface area contributed by atoms with Crippen molar-refractivity contribution in [3.63, 3.8) is 0 Å². The molecule has 0 radical (unpaired) electrons. The van der Waals surface area contributed by atoms with Crippen molar-refractivity contribution in [3.8, 4) is 0 Å². The number of rotatable bonds is 5. The van der Waals surface area contributed by atoms with Gasteiger partial charge >= 0.3 is 5.97 Å². The van der Waals surface area contributed by atoms with Gasteiger partial charge in [-0.25, -0.2) is 4.79 Å². The molecule has 0 amide bonds. The molecule has 2 aromatic rings. The lowest BCUT2D eigenvalue weighted by Gasteiger charge is -2.43. The number of carbonyl (C=O) groups is 1. The Morgan fingerprint density at radius 2 is 1.65 bits per heavy atom. The van der Waals surface area contributed by atoms with Gasteiger partial charge in [0.25, 0.3) is 0 Å². The molecule has 2 aromatic carbocycles. The van der Waals surface area contributed by atoms with Gasteiger partial charge in [-0.15, -0.1) is 0 Å². The van der Waals surface area contributed by atoms with Crippen LogP contribution in [0.4, 0.5) is 5.69 Å². The summed E-state index contributed by atoms with van der Waals surface area (Å²) in [7, 11) is 0. The van der Waals surface area contributed by atoms with Crippen LogP contribution in [0.5, 0.6) is 0 Å². The molecule has 5 heteroatoms. The molecular weight excluding hydrogens is 326 g/mol. The van der Waals surface area contributed by atoms with E-state index >= 15 is 0 Å². The molecule has 0 aromatic heterocycles. The largest absolute Gasteiger partial charge is 0.457 e. The molecule has 136 valence electrons. The van der Waals surface area contributed by atoms with E-state index in [9.17, 15) is 4.79 Å². The van der Waals surface area contributed by atoms with Gasteiger partial charge in [0.2, 0.25) is 0 Å². The minimum atomic E-state index is -0.275. The molecule has 0 spiro atoms. The lowest BCUT2D eigenvalue weighted by molar-refractivity contribution is 0.0472. The summed E-state index contributed by atoms with van der Waals surface area (Å²) in [4.78, 5) is 17.2. The number of hydrogen-bond donors (Lipinski definition) is 1. The molecule has 0 unspecified atom stereocenters. The van der Waals surface area contributed by atoms with Crippen LogP contribution < -0.4 is 10.2 Å². The van der Waals surface area contributed by atoms with E-state index in [4.69, 9.17) is 4.74 Å². The molecule has 4 rings (SSSR count). The normalized spacial score (nSPS) is 18.4. The van der Waals surface area contributed by atoms with E-state index in [2.05, 4.69) is 15.1 Å². The molecule has 0 bridgehead atoms. The molecule has 26 heavy (non-hydrogen) atoms. The standard InChI is InChI=1S/C21H25N3O2/c25-21(26-16-17-4-2-1-3-5-17)18-6-8-19(9-7-18)23-10-12-24(13-11-23)20-14-22-15-20/h1-9,20,22H,10-16H2. The first-order valence-corrected chi connectivity index (χ1v) is 9.30. The molecule has 2 heterocycles. The number of nitrogens with zero attached hydrogens (tertiary/aromatic N) is 2. The van der Waals surface area contributed by atoms with Crippen molar-refractivity contribution in [2.24, 2.45) is 0 Å². The highest BCUT2D eigenvalue weighted by molar-refractivity contribution is 5.89. The Bertz CT molecular complexity index is 721. The highest BCUT2D eigenvalue weighted by Gasteiger charge is 2.27. The van der Waals surface area contributed by atoms with Gasteiger partial charge in [0.1, 0.15) is 6.61 Å². The first kappa shape index (κ1) is 17.1. The molecule has 0 atom stereocenters. The Balaban J connectivity index is 1.29. The molecule has 0 aliphatic carbocycles. The number of benzene rings is 2. The molecule has 0 saturated carbocycles. The zero-order chi connectivity index (χ0) is 17.8. The van der Waals surface area contributed by atoms with Gasteiger partial charge in [-0.1, -0.05) is 30.3 Å². The smallest absolute Gasteiger partial charge is 0.338 e. The van der Waals surface area contributed by atoms with Gasteiger partial charge in [-0.3, -0.25) is 4.90 Å². The van der Waals surface area contributed by atoms with Crippen molar-refractivity contribution >= 4 is 11.7 Å². The van der Waals surface area contributed by atoms with Crippen LogP contribution >= 0.6 is 0 Å². The fourth-order valence-corrected chi connectivity index (χ4v) is 3.49. The molecule has 2 fully saturated rings. The molecular formula is C21H25N3O2. The number of piperazine rings is 1. The average Bonchev–Trinajstić information content (AvgIpc) is 2.66. The fraction of sp³-hybridized carbons (Fsp3) is 0.381. The summed E-state index contributed by atoms with van der Waals surface area (Å²) >= 11 is 0. The van der Waals surface area contributed by atoms with Crippen molar-refractivity contribution in [1.82, 2.24) is 10.2 Å². The number of esters is 1. The van der Waals surface area contributed by atoms with Crippen molar-refractivity contribution in [1.29, 1.82) is 0 Å². The number of hydrogen-bond acceptors (Lipinski definition) is 5. The third-order valence-corrected chi connectivity index (χ3v) is 5.27. The van der Waals surface area contributed by atoms with E-state index in [1.165, 1.54) is 5.69 Å². The number of carbonyl (C=O) groups excluding carboxylic acids is 1. The van der Waals surface area contributed by atoms with E-state index in [1.54, 1.807) is 0 Å². The quantitative estimate of drug-likeness (QED) is 0.836. The predicted molar refractivity (Wildman–Crippen MR) is 102 cm³/mol. The van der Waals surface area contributed by atoms with E-state index < -0.39 is 0 Å². The van der Waals surface area contributed by atoms with Gasteiger partial charge in [-0.2, -0.15) is 0 Å². The second-order valence-corrected chi connectivity index (χ2v) is 6.94. The van der Waals surface area contributed by atoms with Crippen LogP contribution in [0, 0.1) is 0 Å². The number of ether oxygens (including phenoxy) is 1. The Hall–Kier alpha value is -2.37. The second-order valence-electron chi connectivity index (χ2n) is 6.94. The summed E-state index contributed by atoms with van der Waals surface area (Å²) in [6.45, 7) is 6.84. The van der Waals surface area contributed by atoms with Crippen LogP contribution in [0.2, 0.25) is 0 Å². The van der Waals surface area contributed by atoms with Crippen LogP contribution in [-0.4, -0.2) is 56.2 Å². The monoisotopic (exact) mass is 351 g/mol. The molecule has 5 nitrogen and oxygen atoms in total. The first-order valence-electron chi connectivity index (χ1n) is 9.30. The van der Waals surface area contributed by atoms with Gasteiger partial charge in [0.15, 0.2) is 0 Å². The van der Waals surface area contributed by atoms with Gasteiger partial charge < -0.3 is 15.0 Å². The Kier molecular flexibility index (Phi) is 5.18. The third kappa shape index (κ3) is 3.89. The van der Waals surface area contributed by atoms with Crippen LogP contribution in [0.1, 0.15) is 15.9 Å². The lowest BCUT2D eigenvalue weighted by atomic mass is 10.1. The Labute approximate surface area is 154 Å². The van der Waals surface area contributed by atoms with Crippen molar-refractivity contribution in [3.05, 3.63) is 65.7 Å². The zero-order valence-electron chi connectivity index (χ0n) is 14.9. The Morgan fingerprint density at radius 3 is 2.27 bits per heavy atom. The summed E-state index contributed by atoms with van der Waals surface area (Å²) in [5.74, 6) is -0.275. The summed E-state index contributed by atoms with van der Waals surface area (Å²) < 4.78 is 5.39. The maximum absolute atomic E-state index is 12.2. The maximum Gasteiger partial charge on any atom is 0.338 e. The van der Waals surface area contributed by atoms with E-state index in [0.717, 1.165) is 50.9 Å². The zero-order valence-corrected chi connectivity index (χ0v) is 14.9. The maximum atomic E-state index is 12.2. The van der Waals surface area contributed by atoms with Gasteiger partial charge in [-0.05, 0) is 29.8 Å². The minimum absolute atomic E-state index is 0.275. The summed E-state index contributed by atoms with van der Waals surface area (Å²) in [5.41, 5.74) is 2.77. The first-order chi connectivity index (χ1) is 12.8. The van der Waals surface area contributed by atoms with E-state index in [1.807, 2.05) is 54.6 Å². The van der Waals surface area contributed by atoms with Crippen molar-refractivity contribution < 1.29 is 9.53 Å². The number of anilines is 1. The minimum Gasteiger partial charge on any atom is -0.457 e. The second kappa shape index (κ2) is 7.89. The summed E-state index contributed by atoms with van der Waals surface area (Å²) in [5, 5.41) is 3.34. The topological polar surface area (TPSA) is 44.8 Å². The van der Waals surface area contributed by atoms with E-state index in [-0.39, 0.29) is 5.97 Å². The Morgan fingerprint density at radius 1 is 0.962 bits per heavy atom. The molecule has 2 saturated heterocycles. The van der Waals surface area contributed by atoms with Crippen LogP contribution in [0.15, 0.2) is 54.6 Å². The fourth-order valence-electron chi connectivity index (χ4n) is 3.49. The van der Waals surface area contributed by atoms with Crippen LogP contribution in [-0.2, 0) is 11.3 Å². The highest BCUT2D eigenvalue weighted by atomic mass is 16.5. The van der Waals surface area contributed by atoms with Crippen LogP contribution in [0.3, 0.4) is 0 Å². The highest BCUT2D eigenvalue weighted by Crippen LogP contribution is 2.19. The van der Waals surface area contributed by atoms with Gasteiger partial charge in [0, 0.05) is 51.0 Å². The molecule has 1 N–H and O–H groups in total. The van der Waals surface area contributed by atoms with E-state index in [0.29, 0.717) is 12.2 Å². The number of nitrogens with one attached hydrogen (secondary N) is 1. The van der Waals surface area contributed by atoms with Crippen LogP contribution in [0.25, 0.3) is 0 Å². The average molecular weight is 351 g/mol. The van der Waals surface area contributed by atoms with Crippen molar-refractivity contribution in [2.75, 3.05) is 44.2 Å². The molecule has 2 aliphatic heterocycles. The van der Waals surface area contributed by atoms with Crippen molar-refractivity contribution in [2.45, 2.75) is 12.6 Å². The van der Waals surface area contributed by atoms with Gasteiger partial charge in [0.05, 0.1) is 5.56 Å². The third-order valence-electron chi connectivity index (χ3n) is 5.27. The molecule has 2 aliphatic rings. The SMILES string of the molecule is O=C(OCc1ccccc1)c1ccc(N2CCN(C3CNC3)CC2)cc1. The summed E-state index contributed by atoms with van der Waals surface area (Å²) in [6.07, 6.45) is 0. The predicted octanol–water partition coefficient (Wildman–Crippen LogP) is 2.14. The lowest BCUT2D eigenvalue weighted by Crippen LogP contribution is -2.61.